The summed E-state index contributed by atoms with van der Waals surface area (Å²) in [6.45, 7) is 6.20. The van der Waals surface area contributed by atoms with Crippen molar-refractivity contribution in [2.45, 2.75) is 64.1 Å². The van der Waals surface area contributed by atoms with Crippen LogP contribution in [0.2, 0.25) is 0 Å². The van der Waals surface area contributed by atoms with Crippen molar-refractivity contribution in [2.24, 2.45) is 0 Å². The molecule has 0 bridgehead atoms. The number of nitrogens with zero attached hydrogens (tertiary/aromatic N) is 2. The normalized spacial score (nSPS) is 22.4. The second-order valence-corrected chi connectivity index (χ2v) is 6.76. The zero-order chi connectivity index (χ0) is 15.5. The molecule has 2 unspecified atom stereocenters. The largest absolute Gasteiger partial charge is 0.393 e. The SMILES string of the molecule is CC(C)(C)Nc1cc(NC2CCCC(O)C2)c(C#N)cn1. The molecule has 0 spiro atoms. The fourth-order valence-corrected chi connectivity index (χ4v) is 2.63. The molecule has 1 aliphatic rings. The molecule has 1 saturated carbocycles. The lowest BCUT2D eigenvalue weighted by Crippen LogP contribution is -2.30. The number of rotatable bonds is 3. The van der Waals surface area contributed by atoms with Crippen molar-refractivity contribution in [3.63, 3.8) is 0 Å². The summed E-state index contributed by atoms with van der Waals surface area (Å²) in [4.78, 5) is 4.28. The van der Waals surface area contributed by atoms with Crippen LogP contribution in [-0.4, -0.2) is 27.8 Å². The number of nitriles is 1. The first-order chi connectivity index (χ1) is 9.87. The van der Waals surface area contributed by atoms with Crippen LogP contribution in [0, 0.1) is 11.3 Å². The molecule has 0 saturated heterocycles. The number of aliphatic hydroxyl groups is 1. The molecule has 1 aliphatic carbocycles. The third kappa shape index (κ3) is 4.61. The molecule has 2 rings (SSSR count). The Kier molecular flexibility index (Phi) is 4.69. The Balaban J connectivity index is 2.16. The molecule has 1 fully saturated rings. The van der Waals surface area contributed by atoms with Crippen molar-refractivity contribution < 1.29 is 5.11 Å². The summed E-state index contributed by atoms with van der Waals surface area (Å²) in [7, 11) is 0. The molecule has 1 aromatic rings. The third-order valence-corrected chi connectivity index (χ3v) is 3.53. The zero-order valence-electron chi connectivity index (χ0n) is 13.0. The highest BCUT2D eigenvalue weighted by atomic mass is 16.3. The molecule has 114 valence electrons. The number of anilines is 2. The van der Waals surface area contributed by atoms with Crippen LogP contribution >= 0.6 is 0 Å². The molecule has 21 heavy (non-hydrogen) atoms. The van der Waals surface area contributed by atoms with E-state index in [0.29, 0.717) is 5.56 Å². The number of nitrogens with one attached hydrogen (secondary N) is 2. The average molecular weight is 288 g/mol. The molecule has 2 atom stereocenters. The first-order valence-electron chi connectivity index (χ1n) is 7.50. The first kappa shape index (κ1) is 15.6. The minimum absolute atomic E-state index is 0.0839. The fraction of sp³-hybridized carbons (Fsp3) is 0.625. The Morgan fingerprint density at radius 2 is 2.14 bits per heavy atom. The molecule has 3 N–H and O–H groups in total. The predicted octanol–water partition coefficient (Wildman–Crippen LogP) is 2.88. The predicted molar refractivity (Wildman–Crippen MR) is 84.2 cm³/mol. The van der Waals surface area contributed by atoms with Gasteiger partial charge in [0.25, 0.3) is 0 Å². The van der Waals surface area contributed by atoms with Crippen LogP contribution in [0.1, 0.15) is 52.0 Å². The van der Waals surface area contributed by atoms with E-state index in [2.05, 4.69) is 42.5 Å². The smallest absolute Gasteiger partial charge is 0.128 e. The number of pyridine rings is 1. The molecule has 5 heteroatoms. The van der Waals surface area contributed by atoms with E-state index in [-0.39, 0.29) is 17.7 Å². The van der Waals surface area contributed by atoms with Crippen molar-refractivity contribution in [3.05, 3.63) is 17.8 Å². The third-order valence-electron chi connectivity index (χ3n) is 3.53. The van der Waals surface area contributed by atoms with Crippen LogP contribution in [0.25, 0.3) is 0 Å². The van der Waals surface area contributed by atoms with Gasteiger partial charge in [0.05, 0.1) is 17.4 Å². The van der Waals surface area contributed by atoms with Gasteiger partial charge in [-0.25, -0.2) is 4.98 Å². The summed E-state index contributed by atoms with van der Waals surface area (Å²) in [6, 6.07) is 4.26. The van der Waals surface area contributed by atoms with Gasteiger partial charge in [0.15, 0.2) is 0 Å². The fourth-order valence-electron chi connectivity index (χ4n) is 2.63. The number of hydrogen-bond acceptors (Lipinski definition) is 5. The molecule has 0 radical (unpaired) electrons. The van der Waals surface area contributed by atoms with Gasteiger partial charge in [0.1, 0.15) is 11.9 Å². The van der Waals surface area contributed by atoms with Crippen molar-refractivity contribution in [3.8, 4) is 6.07 Å². The summed E-state index contributed by atoms with van der Waals surface area (Å²) >= 11 is 0. The summed E-state index contributed by atoms with van der Waals surface area (Å²) in [5, 5.41) is 25.7. The van der Waals surface area contributed by atoms with E-state index in [1.165, 1.54) is 0 Å². The standard InChI is InChI=1S/C16H24N4O/c1-16(2,3)20-15-8-14(11(9-17)10-18-15)19-12-5-4-6-13(21)7-12/h8,10,12-13,21H,4-7H2,1-3H3,(H2,18,19,20). The summed E-state index contributed by atoms with van der Waals surface area (Å²) < 4.78 is 0. The monoisotopic (exact) mass is 288 g/mol. The molecule has 0 aromatic carbocycles. The molecule has 0 aliphatic heterocycles. The molecule has 0 amide bonds. The summed E-state index contributed by atoms with van der Waals surface area (Å²) in [6.07, 6.45) is 4.99. The molecule has 1 heterocycles. The van der Waals surface area contributed by atoms with Gasteiger partial charge in [-0.2, -0.15) is 5.26 Å². The van der Waals surface area contributed by atoms with Gasteiger partial charge in [0, 0.05) is 23.8 Å². The number of aromatic nitrogens is 1. The topological polar surface area (TPSA) is 81.0 Å². The lowest BCUT2D eigenvalue weighted by molar-refractivity contribution is 0.124. The Morgan fingerprint density at radius 3 is 2.76 bits per heavy atom. The minimum Gasteiger partial charge on any atom is -0.393 e. The Morgan fingerprint density at radius 1 is 1.38 bits per heavy atom. The molecular formula is C16H24N4O. The average Bonchev–Trinajstić information content (AvgIpc) is 2.37. The Labute approximate surface area is 126 Å². The maximum Gasteiger partial charge on any atom is 0.128 e. The number of hydrogen-bond donors (Lipinski definition) is 3. The van der Waals surface area contributed by atoms with E-state index < -0.39 is 0 Å². The molecule has 1 aromatic heterocycles. The van der Waals surface area contributed by atoms with Crippen LogP contribution in [0.4, 0.5) is 11.5 Å². The Hall–Kier alpha value is -1.80. The van der Waals surface area contributed by atoms with Crippen molar-refractivity contribution in [1.29, 1.82) is 5.26 Å². The van der Waals surface area contributed by atoms with Crippen LogP contribution in [0.3, 0.4) is 0 Å². The maximum atomic E-state index is 9.76. The van der Waals surface area contributed by atoms with E-state index in [1.54, 1.807) is 6.20 Å². The van der Waals surface area contributed by atoms with E-state index >= 15 is 0 Å². The number of aliphatic hydroxyl groups excluding tert-OH is 1. The summed E-state index contributed by atoms with van der Waals surface area (Å²) in [5.41, 5.74) is 1.24. The first-order valence-corrected chi connectivity index (χ1v) is 7.50. The van der Waals surface area contributed by atoms with Crippen molar-refractivity contribution in [2.75, 3.05) is 10.6 Å². The lowest BCUT2D eigenvalue weighted by atomic mass is 9.93. The molecule has 5 nitrogen and oxygen atoms in total. The van der Waals surface area contributed by atoms with E-state index in [9.17, 15) is 10.4 Å². The van der Waals surface area contributed by atoms with Crippen LogP contribution in [0.15, 0.2) is 12.3 Å². The zero-order valence-corrected chi connectivity index (χ0v) is 13.0. The van der Waals surface area contributed by atoms with Gasteiger partial charge in [-0.15, -0.1) is 0 Å². The van der Waals surface area contributed by atoms with Crippen LogP contribution in [0.5, 0.6) is 0 Å². The van der Waals surface area contributed by atoms with Crippen molar-refractivity contribution >= 4 is 11.5 Å². The van der Waals surface area contributed by atoms with Gasteiger partial charge >= 0.3 is 0 Å². The van der Waals surface area contributed by atoms with Gasteiger partial charge in [0.2, 0.25) is 0 Å². The van der Waals surface area contributed by atoms with Crippen molar-refractivity contribution in [1.82, 2.24) is 4.98 Å². The summed E-state index contributed by atoms with van der Waals surface area (Å²) in [5.74, 6) is 0.750. The second kappa shape index (κ2) is 6.31. The van der Waals surface area contributed by atoms with Crippen LogP contribution in [-0.2, 0) is 0 Å². The van der Waals surface area contributed by atoms with Gasteiger partial charge in [-0.05, 0) is 46.5 Å². The molecular weight excluding hydrogens is 264 g/mol. The van der Waals surface area contributed by atoms with Gasteiger partial charge in [-0.1, -0.05) is 0 Å². The highest BCUT2D eigenvalue weighted by Gasteiger charge is 2.21. The van der Waals surface area contributed by atoms with E-state index in [0.717, 1.165) is 37.2 Å². The highest BCUT2D eigenvalue weighted by molar-refractivity contribution is 5.62. The van der Waals surface area contributed by atoms with Crippen LogP contribution < -0.4 is 10.6 Å². The van der Waals surface area contributed by atoms with Gasteiger partial charge < -0.3 is 15.7 Å². The van der Waals surface area contributed by atoms with Gasteiger partial charge in [-0.3, -0.25) is 0 Å². The Bertz CT molecular complexity index is 530. The van der Waals surface area contributed by atoms with E-state index in [4.69, 9.17) is 0 Å². The lowest BCUT2D eigenvalue weighted by Gasteiger charge is -2.28. The van der Waals surface area contributed by atoms with E-state index in [1.807, 2.05) is 6.07 Å². The highest BCUT2D eigenvalue weighted by Crippen LogP contribution is 2.26. The quantitative estimate of drug-likeness (QED) is 0.797. The minimum atomic E-state index is -0.240. The maximum absolute atomic E-state index is 9.76. The second-order valence-electron chi connectivity index (χ2n) is 6.76.